The maximum atomic E-state index is 13.0. The second-order valence-corrected chi connectivity index (χ2v) is 6.44. The number of ether oxygens (including phenoxy) is 1. The summed E-state index contributed by atoms with van der Waals surface area (Å²) < 4.78 is 10.4. The molecule has 0 radical (unpaired) electrons. The quantitative estimate of drug-likeness (QED) is 0.633. The Morgan fingerprint density at radius 1 is 1.23 bits per heavy atom. The van der Waals surface area contributed by atoms with Gasteiger partial charge in [-0.25, -0.2) is 4.98 Å². The van der Waals surface area contributed by atoms with Crippen LogP contribution in [0.3, 0.4) is 0 Å². The Morgan fingerprint density at radius 2 is 1.96 bits per heavy atom. The fourth-order valence-corrected chi connectivity index (χ4v) is 2.89. The Labute approximate surface area is 152 Å². The van der Waals surface area contributed by atoms with Gasteiger partial charge >= 0.3 is 0 Å². The number of amides is 1. The van der Waals surface area contributed by atoms with Gasteiger partial charge in [0.2, 0.25) is 0 Å². The fraction of sp³-hybridized carbons (Fsp3) is 0.350. The van der Waals surface area contributed by atoms with Gasteiger partial charge in [0.25, 0.3) is 11.6 Å². The summed E-state index contributed by atoms with van der Waals surface area (Å²) in [7, 11) is 3.45. The number of pyridine rings is 1. The van der Waals surface area contributed by atoms with Crippen LogP contribution in [-0.4, -0.2) is 48.3 Å². The van der Waals surface area contributed by atoms with Crippen molar-refractivity contribution in [2.24, 2.45) is 0 Å². The molecule has 0 atom stereocenters. The van der Waals surface area contributed by atoms with E-state index in [-0.39, 0.29) is 5.91 Å². The van der Waals surface area contributed by atoms with Crippen molar-refractivity contribution in [3.63, 3.8) is 0 Å². The molecule has 0 saturated heterocycles. The minimum Gasteiger partial charge on any atom is -0.385 e. The molecule has 0 aliphatic carbocycles. The minimum absolute atomic E-state index is 0.0758. The third-order valence-electron chi connectivity index (χ3n) is 4.38. The van der Waals surface area contributed by atoms with E-state index in [4.69, 9.17) is 9.26 Å². The van der Waals surface area contributed by atoms with Gasteiger partial charge in [-0.15, -0.1) is 0 Å². The Balaban J connectivity index is 2.03. The van der Waals surface area contributed by atoms with E-state index in [0.717, 1.165) is 12.0 Å². The van der Waals surface area contributed by atoms with Crippen molar-refractivity contribution in [1.82, 2.24) is 15.0 Å². The number of aromatic nitrogens is 2. The second kappa shape index (κ2) is 7.66. The van der Waals surface area contributed by atoms with Gasteiger partial charge < -0.3 is 14.2 Å². The molecule has 0 fully saturated rings. The average Bonchev–Trinajstić information content (AvgIpc) is 3.02. The molecular formula is C20H23N3O3. The molecule has 136 valence electrons. The van der Waals surface area contributed by atoms with E-state index in [1.54, 1.807) is 19.1 Å². The zero-order chi connectivity index (χ0) is 18.7. The number of rotatable bonds is 6. The van der Waals surface area contributed by atoms with Gasteiger partial charge in [-0.3, -0.25) is 4.79 Å². The van der Waals surface area contributed by atoms with E-state index >= 15 is 0 Å². The number of hydrogen-bond donors (Lipinski definition) is 0. The SMILES string of the molecule is COCCCN(C)C(=O)c1cc(-c2ccc(C)cc2)nc2onc(C)c12. The number of methoxy groups -OCH3 is 1. The third-order valence-corrected chi connectivity index (χ3v) is 4.38. The summed E-state index contributed by atoms with van der Waals surface area (Å²) in [5.41, 5.74) is 4.40. The third kappa shape index (κ3) is 3.60. The summed E-state index contributed by atoms with van der Waals surface area (Å²) in [5, 5.41) is 4.67. The molecule has 0 bridgehead atoms. The number of aryl methyl sites for hydroxylation is 2. The van der Waals surface area contributed by atoms with Crippen LogP contribution in [0.1, 0.15) is 28.0 Å². The van der Waals surface area contributed by atoms with E-state index in [9.17, 15) is 4.79 Å². The number of hydrogen-bond acceptors (Lipinski definition) is 5. The smallest absolute Gasteiger partial charge is 0.259 e. The molecule has 0 aliphatic heterocycles. The van der Waals surface area contributed by atoms with E-state index in [1.165, 1.54) is 5.56 Å². The van der Waals surface area contributed by atoms with Crippen molar-refractivity contribution < 1.29 is 14.1 Å². The number of benzene rings is 1. The molecule has 26 heavy (non-hydrogen) atoms. The van der Waals surface area contributed by atoms with Crippen molar-refractivity contribution in [2.45, 2.75) is 20.3 Å². The number of carbonyl (C=O) groups excluding carboxylic acids is 1. The zero-order valence-corrected chi connectivity index (χ0v) is 15.6. The summed E-state index contributed by atoms with van der Waals surface area (Å²) >= 11 is 0. The van der Waals surface area contributed by atoms with Crippen molar-refractivity contribution in [3.8, 4) is 11.3 Å². The van der Waals surface area contributed by atoms with Crippen LogP contribution in [0.4, 0.5) is 0 Å². The Morgan fingerprint density at radius 3 is 2.65 bits per heavy atom. The molecular weight excluding hydrogens is 330 g/mol. The molecule has 3 aromatic rings. The van der Waals surface area contributed by atoms with Crippen LogP contribution in [0, 0.1) is 13.8 Å². The molecule has 1 aromatic carbocycles. The standard InChI is InChI=1S/C20H23N3O3/c1-13-6-8-15(9-7-13)17-12-16(18-14(2)22-26-19(18)21-17)20(24)23(3)10-5-11-25-4/h6-9,12H,5,10-11H2,1-4H3. The van der Waals surface area contributed by atoms with Crippen molar-refractivity contribution in [3.05, 3.63) is 47.2 Å². The summed E-state index contributed by atoms with van der Waals surface area (Å²) in [6, 6.07) is 9.84. The van der Waals surface area contributed by atoms with Crippen molar-refractivity contribution in [2.75, 3.05) is 27.3 Å². The Bertz CT molecular complexity index is 916. The molecule has 3 rings (SSSR count). The van der Waals surface area contributed by atoms with Crippen LogP contribution in [0.25, 0.3) is 22.4 Å². The molecule has 0 spiro atoms. The maximum absolute atomic E-state index is 13.0. The van der Waals surface area contributed by atoms with Crippen molar-refractivity contribution in [1.29, 1.82) is 0 Å². The van der Waals surface area contributed by atoms with E-state index in [2.05, 4.69) is 10.1 Å². The lowest BCUT2D eigenvalue weighted by molar-refractivity contribution is 0.0781. The summed E-state index contributed by atoms with van der Waals surface area (Å²) in [5.74, 6) is -0.0758. The molecule has 0 aliphatic rings. The Hall–Kier alpha value is -2.73. The van der Waals surface area contributed by atoms with Crippen LogP contribution < -0.4 is 0 Å². The van der Waals surface area contributed by atoms with Gasteiger partial charge in [0.05, 0.1) is 22.3 Å². The van der Waals surface area contributed by atoms with Crippen LogP contribution in [0.15, 0.2) is 34.9 Å². The predicted octanol–water partition coefficient (Wildman–Crippen LogP) is 3.62. The second-order valence-electron chi connectivity index (χ2n) is 6.44. The first kappa shape index (κ1) is 18.1. The summed E-state index contributed by atoms with van der Waals surface area (Å²) in [4.78, 5) is 19.3. The highest BCUT2D eigenvalue weighted by atomic mass is 16.5. The molecule has 0 saturated carbocycles. The fourth-order valence-electron chi connectivity index (χ4n) is 2.89. The van der Waals surface area contributed by atoms with Gasteiger partial charge in [0.1, 0.15) is 0 Å². The number of nitrogens with zero attached hydrogens (tertiary/aromatic N) is 3. The lowest BCUT2D eigenvalue weighted by Crippen LogP contribution is -2.28. The largest absolute Gasteiger partial charge is 0.385 e. The first-order valence-corrected chi connectivity index (χ1v) is 8.59. The van der Waals surface area contributed by atoms with Crippen molar-refractivity contribution >= 4 is 17.0 Å². The van der Waals surface area contributed by atoms with Crippen LogP contribution in [0.2, 0.25) is 0 Å². The van der Waals surface area contributed by atoms with Crippen LogP contribution >= 0.6 is 0 Å². The van der Waals surface area contributed by atoms with E-state index in [1.807, 2.05) is 44.2 Å². The highest BCUT2D eigenvalue weighted by Crippen LogP contribution is 2.28. The molecule has 2 heterocycles. The van der Waals surface area contributed by atoms with Gasteiger partial charge in [-0.1, -0.05) is 35.0 Å². The van der Waals surface area contributed by atoms with Gasteiger partial charge in [0, 0.05) is 32.9 Å². The van der Waals surface area contributed by atoms with E-state index in [0.29, 0.717) is 41.2 Å². The first-order chi connectivity index (χ1) is 12.5. The first-order valence-electron chi connectivity index (χ1n) is 8.59. The molecule has 6 heteroatoms. The predicted molar refractivity (Wildman–Crippen MR) is 100 cm³/mol. The lowest BCUT2D eigenvalue weighted by atomic mass is 10.0. The van der Waals surface area contributed by atoms with E-state index < -0.39 is 0 Å². The molecule has 0 unspecified atom stereocenters. The van der Waals surface area contributed by atoms with Gasteiger partial charge in [0.15, 0.2) is 0 Å². The molecule has 2 aromatic heterocycles. The Kier molecular flexibility index (Phi) is 5.32. The maximum Gasteiger partial charge on any atom is 0.259 e. The minimum atomic E-state index is -0.0758. The number of carbonyl (C=O) groups is 1. The summed E-state index contributed by atoms with van der Waals surface area (Å²) in [6.07, 6.45) is 0.778. The average molecular weight is 353 g/mol. The molecule has 0 N–H and O–H groups in total. The van der Waals surface area contributed by atoms with Gasteiger partial charge in [-0.05, 0) is 26.3 Å². The number of fused-ring (bicyclic) bond motifs is 1. The lowest BCUT2D eigenvalue weighted by Gasteiger charge is -2.18. The zero-order valence-electron chi connectivity index (χ0n) is 15.6. The highest BCUT2D eigenvalue weighted by molar-refractivity contribution is 6.06. The van der Waals surface area contributed by atoms with Crippen LogP contribution in [0.5, 0.6) is 0 Å². The monoisotopic (exact) mass is 353 g/mol. The van der Waals surface area contributed by atoms with Gasteiger partial charge in [-0.2, -0.15) is 0 Å². The summed E-state index contributed by atoms with van der Waals surface area (Å²) in [6.45, 7) is 5.08. The molecule has 1 amide bonds. The topological polar surface area (TPSA) is 68.5 Å². The normalized spacial score (nSPS) is 11.1. The highest BCUT2D eigenvalue weighted by Gasteiger charge is 2.21. The molecule has 6 nitrogen and oxygen atoms in total. The van der Waals surface area contributed by atoms with Crippen LogP contribution in [-0.2, 0) is 4.74 Å².